The van der Waals surface area contributed by atoms with E-state index < -0.39 is 5.60 Å². The van der Waals surface area contributed by atoms with E-state index >= 15 is 0 Å². The molecule has 1 aromatic heterocycles. The lowest BCUT2D eigenvalue weighted by Crippen LogP contribution is -2.25. The number of rotatable bonds is 1. The molecule has 0 unspecified atom stereocenters. The molecular weight excluding hydrogens is 286 g/mol. The minimum absolute atomic E-state index is 0.670. The highest BCUT2D eigenvalue weighted by Crippen LogP contribution is 2.39. The minimum atomic E-state index is -0.805. The van der Waals surface area contributed by atoms with Gasteiger partial charge in [-0.3, -0.25) is 0 Å². The average Bonchev–Trinajstić information content (AvgIpc) is 2.81. The van der Waals surface area contributed by atoms with E-state index in [9.17, 15) is 5.11 Å². The first-order valence-corrected chi connectivity index (χ1v) is 6.75. The lowest BCUT2D eigenvalue weighted by molar-refractivity contribution is 0.0478. The summed E-state index contributed by atoms with van der Waals surface area (Å²) in [6, 6.07) is 8.19. The smallest absolute Gasteiger partial charge is 0.126 e. The summed E-state index contributed by atoms with van der Waals surface area (Å²) in [5.74, 6) is 0. The van der Waals surface area contributed by atoms with Crippen LogP contribution in [0.1, 0.15) is 16.1 Å². The van der Waals surface area contributed by atoms with Crippen LogP contribution in [0.15, 0.2) is 34.2 Å². The van der Waals surface area contributed by atoms with E-state index in [4.69, 9.17) is 0 Å². The third-order valence-corrected chi connectivity index (χ3v) is 4.70. The predicted octanol–water partition coefficient (Wildman–Crippen LogP) is 2.89. The molecule has 0 saturated carbocycles. The second kappa shape index (κ2) is 3.65. The van der Waals surface area contributed by atoms with Crippen molar-refractivity contribution in [2.24, 2.45) is 0 Å². The molecule has 1 aromatic carbocycles. The van der Waals surface area contributed by atoms with E-state index in [0.717, 1.165) is 9.61 Å². The second-order valence-corrected chi connectivity index (χ2v) is 5.80. The van der Waals surface area contributed by atoms with Crippen LogP contribution in [-0.2, 0) is 18.4 Å². The Labute approximate surface area is 106 Å². The van der Waals surface area contributed by atoms with Crippen molar-refractivity contribution in [2.75, 3.05) is 0 Å². The molecule has 0 aliphatic heterocycles. The Balaban J connectivity index is 2.00. The van der Waals surface area contributed by atoms with Gasteiger partial charge < -0.3 is 5.11 Å². The largest absolute Gasteiger partial charge is 0.382 e. The standard InChI is InChI=1S/C12H10BrNOS/c13-10-7-16-11(14-10)12(15)5-8-3-1-2-4-9(8)6-12/h1-4,7,15H,5-6H2. The summed E-state index contributed by atoms with van der Waals surface area (Å²) in [7, 11) is 0. The average molecular weight is 296 g/mol. The predicted molar refractivity (Wildman–Crippen MR) is 67.6 cm³/mol. The quantitative estimate of drug-likeness (QED) is 0.878. The van der Waals surface area contributed by atoms with E-state index in [1.54, 1.807) is 0 Å². The summed E-state index contributed by atoms with van der Waals surface area (Å²) < 4.78 is 0.803. The number of halogens is 1. The molecule has 4 heteroatoms. The molecule has 1 aliphatic carbocycles. The Morgan fingerprint density at radius 3 is 2.38 bits per heavy atom. The number of benzene rings is 1. The molecule has 2 aromatic rings. The first-order chi connectivity index (χ1) is 7.67. The van der Waals surface area contributed by atoms with Gasteiger partial charge in [0.2, 0.25) is 0 Å². The second-order valence-electron chi connectivity index (χ2n) is 4.13. The Kier molecular flexibility index (Phi) is 2.38. The first-order valence-electron chi connectivity index (χ1n) is 5.08. The fourth-order valence-corrected chi connectivity index (χ4v) is 3.57. The van der Waals surface area contributed by atoms with Gasteiger partial charge in [0.05, 0.1) is 0 Å². The monoisotopic (exact) mass is 295 g/mol. The Morgan fingerprint density at radius 2 is 1.88 bits per heavy atom. The van der Waals surface area contributed by atoms with Gasteiger partial charge >= 0.3 is 0 Å². The number of thiazole rings is 1. The number of fused-ring (bicyclic) bond motifs is 1. The molecule has 0 bridgehead atoms. The zero-order valence-electron chi connectivity index (χ0n) is 8.48. The summed E-state index contributed by atoms with van der Waals surface area (Å²) in [6.45, 7) is 0. The van der Waals surface area contributed by atoms with Gasteiger partial charge in [0.1, 0.15) is 15.2 Å². The van der Waals surface area contributed by atoms with Crippen molar-refractivity contribution in [3.63, 3.8) is 0 Å². The van der Waals surface area contributed by atoms with Crippen molar-refractivity contribution in [1.82, 2.24) is 4.98 Å². The van der Waals surface area contributed by atoms with E-state index in [-0.39, 0.29) is 0 Å². The molecule has 0 atom stereocenters. The van der Waals surface area contributed by atoms with Crippen LogP contribution in [0.5, 0.6) is 0 Å². The maximum absolute atomic E-state index is 10.6. The third kappa shape index (κ3) is 1.61. The lowest BCUT2D eigenvalue weighted by Gasteiger charge is -2.18. The zero-order valence-corrected chi connectivity index (χ0v) is 10.9. The third-order valence-electron chi connectivity index (χ3n) is 2.96. The molecule has 3 rings (SSSR count). The van der Waals surface area contributed by atoms with E-state index in [1.165, 1.54) is 22.5 Å². The zero-order chi connectivity index (χ0) is 11.2. The maximum Gasteiger partial charge on any atom is 0.126 e. The molecular formula is C12H10BrNOS. The molecule has 2 nitrogen and oxygen atoms in total. The molecule has 1 aliphatic rings. The fraction of sp³-hybridized carbons (Fsp3) is 0.250. The van der Waals surface area contributed by atoms with Gasteiger partial charge in [0.15, 0.2) is 0 Å². The highest BCUT2D eigenvalue weighted by Gasteiger charge is 2.38. The molecule has 16 heavy (non-hydrogen) atoms. The Morgan fingerprint density at radius 1 is 1.25 bits per heavy atom. The van der Waals surface area contributed by atoms with Crippen molar-refractivity contribution < 1.29 is 5.11 Å². The van der Waals surface area contributed by atoms with Crippen LogP contribution in [0.3, 0.4) is 0 Å². The normalized spacial score (nSPS) is 17.4. The van der Waals surface area contributed by atoms with Crippen LogP contribution in [0, 0.1) is 0 Å². The molecule has 0 saturated heterocycles. The number of hydrogen-bond donors (Lipinski definition) is 1. The van der Waals surface area contributed by atoms with E-state index in [1.807, 2.05) is 17.5 Å². The Bertz CT molecular complexity index is 512. The summed E-state index contributed by atoms with van der Waals surface area (Å²) in [5.41, 5.74) is 1.66. The van der Waals surface area contributed by atoms with Crippen LogP contribution in [-0.4, -0.2) is 10.1 Å². The van der Waals surface area contributed by atoms with Crippen LogP contribution in [0.4, 0.5) is 0 Å². The van der Waals surface area contributed by atoms with Crippen molar-refractivity contribution in [3.05, 3.63) is 50.4 Å². The van der Waals surface area contributed by atoms with Crippen LogP contribution < -0.4 is 0 Å². The minimum Gasteiger partial charge on any atom is -0.382 e. The van der Waals surface area contributed by atoms with Gasteiger partial charge in [0.25, 0.3) is 0 Å². The van der Waals surface area contributed by atoms with Crippen LogP contribution in [0.25, 0.3) is 0 Å². The number of aromatic nitrogens is 1. The highest BCUT2D eigenvalue weighted by molar-refractivity contribution is 9.10. The van der Waals surface area contributed by atoms with Crippen molar-refractivity contribution in [2.45, 2.75) is 18.4 Å². The molecule has 1 heterocycles. The van der Waals surface area contributed by atoms with Gasteiger partial charge in [0, 0.05) is 18.2 Å². The summed E-state index contributed by atoms with van der Waals surface area (Å²) in [4.78, 5) is 4.33. The summed E-state index contributed by atoms with van der Waals surface area (Å²) >= 11 is 4.83. The van der Waals surface area contributed by atoms with Crippen molar-refractivity contribution in [1.29, 1.82) is 0 Å². The number of nitrogens with zero attached hydrogens (tertiary/aromatic N) is 1. The van der Waals surface area contributed by atoms with Gasteiger partial charge in [-0.05, 0) is 27.1 Å². The fourth-order valence-electron chi connectivity index (χ4n) is 2.21. The van der Waals surface area contributed by atoms with Crippen molar-refractivity contribution >= 4 is 27.3 Å². The van der Waals surface area contributed by atoms with Crippen LogP contribution >= 0.6 is 27.3 Å². The van der Waals surface area contributed by atoms with Gasteiger partial charge in [-0.15, -0.1) is 11.3 Å². The topological polar surface area (TPSA) is 33.1 Å². The maximum atomic E-state index is 10.6. The van der Waals surface area contributed by atoms with Crippen LogP contribution in [0.2, 0.25) is 0 Å². The van der Waals surface area contributed by atoms with E-state index in [0.29, 0.717) is 12.8 Å². The molecule has 0 amide bonds. The van der Waals surface area contributed by atoms with Gasteiger partial charge in [-0.1, -0.05) is 24.3 Å². The number of hydrogen-bond acceptors (Lipinski definition) is 3. The Hall–Kier alpha value is -0.710. The molecule has 0 spiro atoms. The van der Waals surface area contributed by atoms with Crippen molar-refractivity contribution in [3.8, 4) is 0 Å². The highest BCUT2D eigenvalue weighted by atomic mass is 79.9. The lowest BCUT2D eigenvalue weighted by atomic mass is 10.0. The number of aliphatic hydroxyl groups is 1. The molecule has 82 valence electrons. The van der Waals surface area contributed by atoms with Gasteiger partial charge in [-0.25, -0.2) is 4.98 Å². The summed E-state index contributed by atoms with van der Waals surface area (Å²) in [6.07, 6.45) is 1.34. The SMILES string of the molecule is OC1(c2nc(Br)cs2)Cc2ccccc2C1. The molecule has 0 fully saturated rings. The van der Waals surface area contributed by atoms with E-state index in [2.05, 4.69) is 33.0 Å². The van der Waals surface area contributed by atoms with Gasteiger partial charge in [-0.2, -0.15) is 0 Å². The first kappa shape index (κ1) is 10.4. The summed E-state index contributed by atoms with van der Waals surface area (Å²) in [5, 5.41) is 13.3. The molecule has 1 N–H and O–H groups in total. The molecule has 0 radical (unpaired) electrons.